The number of rotatable bonds is 6. The van der Waals surface area contributed by atoms with E-state index in [0.717, 1.165) is 22.4 Å². The predicted octanol–water partition coefficient (Wildman–Crippen LogP) is 4.42. The number of nitrogens with zero attached hydrogens (tertiary/aromatic N) is 3. The molecule has 0 bridgehead atoms. The van der Waals surface area contributed by atoms with Crippen LogP contribution in [0.15, 0.2) is 65.0 Å². The van der Waals surface area contributed by atoms with Gasteiger partial charge in [0.1, 0.15) is 17.2 Å². The number of aryl methyl sites for hydroxylation is 1. The van der Waals surface area contributed by atoms with Gasteiger partial charge in [0, 0.05) is 23.1 Å². The molecule has 0 radical (unpaired) electrons. The zero-order valence-corrected chi connectivity index (χ0v) is 16.4. The van der Waals surface area contributed by atoms with E-state index in [4.69, 9.17) is 4.74 Å². The highest BCUT2D eigenvalue weighted by Gasteiger charge is 2.14. The van der Waals surface area contributed by atoms with Crippen molar-refractivity contribution in [1.29, 1.82) is 0 Å². The maximum Gasteiger partial charge on any atom is 0.269 e. The van der Waals surface area contributed by atoms with E-state index in [1.54, 1.807) is 12.1 Å². The second-order valence-corrected chi connectivity index (χ2v) is 7.40. The molecule has 0 aliphatic heterocycles. The van der Waals surface area contributed by atoms with Crippen LogP contribution in [0.5, 0.6) is 5.75 Å². The molecular formula is C21H17N3O4S. The largest absolute Gasteiger partial charge is 0.492 e. The summed E-state index contributed by atoms with van der Waals surface area (Å²) in [6.45, 7) is 2.70. The van der Waals surface area contributed by atoms with Crippen LogP contribution in [0, 0.1) is 17.0 Å². The molecule has 2 aromatic carbocycles. The first-order valence-corrected chi connectivity index (χ1v) is 9.82. The Bertz CT molecular complexity index is 1250. The molecular weight excluding hydrogens is 390 g/mol. The lowest BCUT2D eigenvalue weighted by molar-refractivity contribution is -0.384. The molecule has 8 heteroatoms. The highest BCUT2D eigenvalue weighted by Crippen LogP contribution is 2.31. The van der Waals surface area contributed by atoms with Gasteiger partial charge in [-0.1, -0.05) is 12.1 Å². The smallest absolute Gasteiger partial charge is 0.269 e. The minimum absolute atomic E-state index is 0.0112. The number of aromatic nitrogens is 2. The molecule has 0 atom stereocenters. The van der Waals surface area contributed by atoms with Crippen LogP contribution in [0.1, 0.15) is 5.56 Å². The second-order valence-electron chi connectivity index (χ2n) is 6.54. The third-order valence-electron chi connectivity index (χ3n) is 4.54. The first-order valence-electron chi connectivity index (χ1n) is 8.94. The Labute approximate surface area is 170 Å². The molecule has 0 aliphatic carbocycles. The number of hydrogen-bond acceptors (Lipinski definition) is 6. The zero-order valence-electron chi connectivity index (χ0n) is 15.6. The molecule has 146 valence electrons. The van der Waals surface area contributed by atoms with Gasteiger partial charge in [0.25, 0.3) is 11.2 Å². The molecule has 0 spiro atoms. The van der Waals surface area contributed by atoms with Crippen LogP contribution in [0.3, 0.4) is 0 Å². The van der Waals surface area contributed by atoms with E-state index < -0.39 is 4.92 Å². The van der Waals surface area contributed by atoms with Crippen molar-refractivity contribution in [2.24, 2.45) is 0 Å². The van der Waals surface area contributed by atoms with Gasteiger partial charge in [-0.05, 0) is 42.3 Å². The maximum absolute atomic E-state index is 13.0. The highest BCUT2D eigenvalue weighted by atomic mass is 32.1. The number of nitro groups is 1. The lowest BCUT2D eigenvalue weighted by Crippen LogP contribution is -2.23. The first kappa shape index (κ1) is 18.8. The second kappa shape index (κ2) is 7.84. The molecule has 4 aromatic rings. The van der Waals surface area contributed by atoms with E-state index in [0.29, 0.717) is 23.4 Å². The van der Waals surface area contributed by atoms with Crippen LogP contribution < -0.4 is 10.3 Å². The van der Waals surface area contributed by atoms with Crippen LogP contribution in [0.4, 0.5) is 5.69 Å². The van der Waals surface area contributed by atoms with Gasteiger partial charge >= 0.3 is 0 Å². The molecule has 0 N–H and O–H groups in total. The summed E-state index contributed by atoms with van der Waals surface area (Å²) in [5.74, 6) is 0.759. The number of ether oxygens (including phenoxy) is 1. The molecule has 4 rings (SSSR count). The van der Waals surface area contributed by atoms with E-state index in [9.17, 15) is 14.9 Å². The summed E-state index contributed by atoms with van der Waals surface area (Å²) in [6, 6.07) is 13.9. The number of hydrogen-bond donors (Lipinski definition) is 0. The molecule has 2 aromatic heterocycles. The Balaban J connectivity index is 1.60. The third kappa shape index (κ3) is 3.88. The summed E-state index contributed by atoms with van der Waals surface area (Å²) in [5.41, 5.74) is 2.43. The van der Waals surface area contributed by atoms with Crippen LogP contribution in [0.2, 0.25) is 0 Å². The standard InChI is InChI=1S/C21H17N3O4S/c1-14-3-2-4-17(11-14)28-10-9-23-13-22-20-19(21(23)25)18(12-29-20)15-5-7-16(8-6-15)24(26)27/h2-8,11-13H,9-10H2,1H3. The summed E-state index contributed by atoms with van der Waals surface area (Å²) < 4.78 is 7.27. The number of fused-ring (bicyclic) bond motifs is 1. The molecule has 0 aliphatic rings. The number of thiophene rings is 1. The van der Waals surface area contributed by atoms with Crippen molar-refractivity contribution in [2.75, 3.05) is 6.61 Å². The van der Waals surface area contributed by atoms with Crippen LogP contribution >= 0.6 is 11.3 Å². The van der Waals surface area contributed by atoms with Gasteiger partial charge in [0.2, 0.25) is 0 Å². The fourth-order valence-electron chi connectivity index (χ4n) is 3.07. The fraction of sp³-hybridized carbons (Fsp3) is 0.143. The number of nitro benzene ring substituents is 1. The molecule has 0 amide bonds. The lowest BCUT2D eigenvalue weighted by Gasteiger charge is -2.09. The molecule has 0 saturated heterocycles. The van der Waals surface area contributed by atoms with Crippen molar-refractivity contribution in [3.63, 3.8) is 0 Å². The predicted molar refractivity (Wildman–Crippen MR) is 113 cm³/mol. The third-order valence-corrected chi connectivity index (χ3v) is 5.43. The Morgan fingerprint density at radius 1 is 1.21 bits per heavy atom. The number of non-ortho nitro benzene ring substituents is 1. The topological polar surface area (TPSA) is 87.3 Å². The Morgan fingerprint density at radius 3 is 2.72 bits per heavy atom. The average molecular weight is 407 g/mol. The van der Waals surface area contributed by atoms with Crippen molar-refractivity contribution in [3.8, 4) is 16.9 Å². The minimum Gasteiger partial charge on any atom is -0.492 e. The van der Waals surface area contributed by atoms with E-state index in [-0.39, 0.29) is 11.2 Å². The van der Waals surface area contributed by atoms with Crippen LogP contribution in [0.25, 0.3) is 21.3 Å². The molecule has 0 fully saturated rings. The van der Waals surface area contributed by atoms with E-state index in [2.05, 4.69) is 4.98 Å². The normalized spacial score (nSPS) is 10.9. The summed E-state index contributed by atoms with van der Waals surface area (Å²) in [5, 5.41) is 13.2. The Kier molecular flexibility index (Phi) is 5.09. The van der Waals surface area contributed by atoms with Crippen LogP contribution in [-0.2, 0) is 6.54 Å². The van der Waals surface area contributed by atoms with E-state index in [1.807, 2.05) is 36.6 Å². The van der Waals surface area contributed by atoms with Gasteiger partial charge in [0.15, 0.2) is 0 Å². The van der Waals surface area contributed by atoms with Crippen molar-refractivity contribution in [3.05, 3.63) is 86.3 Å². The van der Waals surface area contributed by atoms with Gasteiger partial charge in [-0.2, -0.15) is 0 Å². The van der Waals surface area contributed by atoms with E-state index >= 15 is 0 Å². The van der Waals surface area contributed by atoms with Crippen molar-refractivity contribution in [2.45, 2.75) is 13.5 Å². The molecule has 2 heterocycles. The van der Waals surface area contributed by atoms with Crippen molar-refractivity contribution >= 4 is 27.2 Å². The minimum atomic E-state index is -0.446. The average Bonchev–Trinajstić information content (AvgIpc) is 3.15. The summed E-state index contributed by atoms with van der Waals surface area (Å²) >= 11 is 1.37. The summed E-state index contributed by atoms with van der Waals surface area (Å²) in [4.78, 5) is 28.5. The zero-order chi connectivity index (χ0) is 20.4. The molecule has 29 heavy (non-hydrogen) atoms. The first-order chi connectivity index (χ1) is 14.0. The fourth-order valence-corrected chi connectivity index (χ4v) is 3.98. The molecule has 7 nitrogen and oxygen atoms in total. The molecule has 0 unspecified atom stereocenters. The molecule has 0 saturated carbocycles. The van der Waals surface area contributed by atoms with Crippen LogP contribution in [-0.4, -0.2) is 21.1 Å². The van der Waals surface area contributed by atoms with Gasteiger partial charge in [-0.3, -0.25) is 19.5 Å². The summed E-state index contributed by atoms with van der Waals surface area (Å²) in [6.07, 6.45) is 1.53. The van der Waals surface area contributed by atoms with Gasteiger partial charge in [-0.15, -0.1) is 11.3 Å². The SMILES string of the molecule is Cc1cccc(OCCn2cnc3scc(-c4ccc([N+](=O)[O-])cc4)c3c2=O)c1. The number of benzene rings is 2. The highest BCUT2D eigenvalue weighted by molar-refractivity contribution is 7.17. The van der Waals surface area contributed by atoms with Crippen molar-refractivity contribution < 1.29 is 9.66 Å². The van der Waals surface area contributed by atoms with Gasteiger partial charge in [0.05, 0.1) is 23.2 Å². The van der Waals surface area contributed by atoms with Gasteiger partial charge < -0.3 is 4.74 Å². The van der Waals surface area contributed by atoms with Crippen molar-refractivity contribution in [1.82, 2.24) is 9.55 Å². The van der Waals surface area contributed by atoms with Gasteiger partial charge in [-0.25, -0.2) is 4.98 Å². The lowest BCUT2D eigenvalue weighted by atomic mass is 10.1. The Hall–Kier alpha value is -3.52. The monoisotopic (exact) mass is 407 g/mol. The van der Waals surface area contributed by atoms with E-state index in [1.165, 1.54) is 34.4 Å². The quantitative estimate of drug-likeness (QED) is 0.349. The summed E-state index contributed by atoms with van der Waals surface area (Å²) in [7, 11) is 0. The maximum atomic E-state index is 13.0. The Morgan fingerprint density at radius 2 is 2.00 bits per heavy atom.